The highest BCUT2D eigenvalue weighted by atomic mass is 15.2. The molecule has 0 radical (unpaired) electrons. The summed E-state index contributed by atoms with van der Waals surface area (Å²) >= 11 is 0. The van der Waals surface area contributed by atoms with Crippen molar-refractivity contribution in [1.29, 1.82) is 5.26 Å². The Bertz CT molecular complexity index is 700. The van der Waals surface area contributed by atoms with Crippen molar-refractivity contribution in [3.05, 3.63) is 41.3 Å². The molecule has 0 bridgehead atoms. The van der Waals surface area contributed by atoms with Crippen LogP contribution in [0.3, 0.4) is 0 Å². The average molecular weight is 294 g/mol. The highest BCUT2D eigenvalue weighted by molar-refractivity contribution is 5.44. The summed E-state index contributed by atoms with van der Waals surface area (Å²) in [6.07, 6.45) is 4.05. The van der Waals surface area contributed by atoms with E-state index in [-0.39, 0.29) is 0 Å². The molecule has 3 rings (SSSR count). The summed E-state index contributed by atoms with van der Waals surface area (Å²) in [4.78, 5) is 15.2. The van der Waals surface area contributed by atoms with E-state index in [1.165, 1.54) is 12.8 Å². The van der Waals surface area contributed by atoms with E-state index >= 15 is 0 Å². The molecule has 1 fully saturated rings. The van der Waals surface area contributed by atoms with Gasteiger partial charge in [-0.1, -0.05) is 0 Å². The van der Waals surface area contributed by atoms with Crippen LogP contribution in [0, 0.1) is 18.3 Å². The molecule has 6 heteroatoms. The number of rotatable bonds is 4. The van der Waals surface area contributed by atoms with Crippen LogP contribution in [0.25, 0.3) is 0 Å². The third kappa shape index (κ3) is 3.31. The summed E-state index contributed by atoms with van der Waals surface area (Å²) in [5.74, 6) is 1.51. The van der Waals surface area contributed by atoms with Crippen LogP contribution in [0.1, 0.15) is 29.8 Å². The van der Waals surface area contributed by atoms with Gasteiger partial charge in [0.1, 0.15) is 17.6 Å². The minimum absolute atomic E-state index is 0.362. The fourth-order valence-corrected chi connectivity index (χ4v) is 2.62. The maximum atomic E-state index is 8.86. The van der Waals surface area contributed by atoms with Gasteiger partial charge in [0.05, 0.1) is 0 Å². The molecule has 0 atom stereocenters. The predicted molar refractivity (Wildman–Crippen MR) is 84.5 cm³/mol. The van der Waals surface area contributed by atoms with Crippen molar-refractivity contribution < 1.29 is 0 Å². The zero-order valence-corrected chi connectivity index (χ0v) is 12.6. The fraction of sp³-hybridized carbons (Fsp3) is 0.375. The summed E-state index contributed by atoms with van der Waals surface area (Å²) < 4.78 is 0. The van der Waals surface area contributed by atoms with E-state index in [1.54, 1.807) is 12.3 Å². The Hall–Kier alpha value is -2.68. The lowest BCUT2D eigenvalue weighted by Gasteiger charge is -2.18. The monoisotopic (exact) mass is 294 g/mol. The highest BCUT2D eigenvalue weighted by Gasteiger charge is 2.14. The maximum absolute atomic E-state index is 8.86. The van der Waals surface area contributed by atoms with Gasteiger partial charge in [-0.2, -0.15) is 5.26 Å². The van der Waals surface area contributed by atoms with Gasteiger partial charge in [0, 0.05) is 31.5 Å². The summed E-state index contributed by atoms with van der Waals surface area (Å²) in [6, 6.07) is 7.77. The first-order valence-corrected chi connectivity index (χ1v) is 7.44. The van der Waals surface area contributed by atoms with E-state index in [9.17, 15) is 0 Å². The molecule has 6 nitrogen and oxygen atoms in total. The standard InChI is InChI=1S/C16H18N6/c1-12-8-13(9-15(20-12)22-6-2-3-7-22)11-19-16-18-5-4-14(10-17)21-16/h4-5,8-9H,2-3,6-7,11H2,1H3,(H,18,19,21). The van der Waals surface area contributed by atoms with Crippen molar-refractivity contribution in [2.75, 3.05) is 23.3 Å². The third-order valence-corrected chi connectivity index (χ3v) is 3.65. The molecule has 0 aromatic carbocycles. The van der Waals surface area contributed by atoms with Gasteiger partial charge in [0.25, 0.3) is 0 Å². The van der Waals surface area contributed by atoms with Crippen LogP contribution in [0.15, 0.2) is 24.4 Å². The Morgan fingerprint density at radius 1 is 1.27 bits per heavy atom. The molecule has 1 N–H and O–H groups in total. The van der Waals surface area contributed by atoms with E-state index in [4.69, 9.17) is 5.26 Å². The number of nitrogens with zero attached hydrogens (tertiary/aromatic N) is 5. The van der Waals surface area contributed by atoms with Gasteiger partial charge < -0.3 is 10.2 Å². The summed E-state index contributed by atoms with van der Waals surface area (Å²) in [5, 5.41) is 12.0. The van der Waals surface area contributed by atoms with Crippen LogP contribution < -0.4 is 10.2 Å². The molecule has 1 aliphatic rings. The molecule has 112 valence electrons. The molecule has 1 saturated heterocycles. The molecular weight excluding hydrogens is 276 g/mol. The second-order valence-corrected chi connectivity index (χ2v) is 5.40. The van der Waals surface area contributed by atoms with Crippen molar-refractivity contribution in [3.8, 4) is 6.07 Å². The zero-order valence-electron chi connectivity index (χ0n) is 12.6. The van der Waals surface area contributed by atoms with Crippen LogP contribution in [0.5, 0.6) is 0 Å². The van der Waals surface area contributed by atoms with Crippen molar-refractivity contribution in [2.45, 2.75) is 26.3 Å². The molecule has 0 saturated carbocycles. The number of hydrogen-bond acceptors (Lipinski definition) is 6. The molecule has 2 aromatic rings. The van der Waals surface area contributed by atoms with Crippen LogP contribution >= 0.6 is 0 Å². The summed E-state index contributed by atoms with van der Waals surface area (Å²) in [6.45, 7) is 4.78. The highest BCUT2D eigenvalue weighted by Crippen LogP contribution is 2.20. The van der Waals surface area contributed by atoms with Crippen molar-refractivity contribution in [2.24, 2.45) is 0 Å². The Balaban J connectivity index is 1.73. The number of pyridine rings is 1. The first-order valence-electron chi connectivity index (χ1n) is 7.44. The molecule has 3 heterocycles. The molecule has 22 heavy (non-hydrogen) atoms. The van der Waals surface area contributed by atoms with E-state index < -0.39 is 0 Å². The number of nitriles is 1. The summed E-state index contributed by atoms with van der Waals surface area (Å²) in [5.41, 5.74) is 2.51. The maximum Gasteiger partial charge on any atom is 0.224 e. The SMILES string of the molecule is Cc1cc(CNc2nccc(C#N)n2)cc(N2CCCC2)n1. The normalized spacial score (nSPS) is 13.9. The Morgan fingerprint density at radius 3 is 2.86 bits per heavy atom. The fourth-order valence-electron chi connectivity index (χ4n) is 2.62. The molecule has 2 aromatic heterocycles. The number of hydrogen-bond donors (Lipinski definition) is 1. The Kier molecular flexibility index (Phi) is 4.15. The number of aryl methyl sites for hydroxylation is 1. The molecular formula is C16H18N6. The van der Waals surface area contributed by atoms with Gasteiger partial charge in [0.2, 0.25) is 5.95 Å². The summed E-state index contributed by atoms with van der Waals surface area (Å²) in [7, 11) is 0. The van der Waals surface area contributed by atoms with Crippen LogP contribution in [0.2, 0.25) is 0 Å². The number of anilines is 2. The number of aromatic nitrogens is 3. The van der Waals surface area contributed by atoms with Gasteiger partial charge >= 0.3 is 0 Å². The minimum Gasteiger partial charge on any atom is -0.357 e. The Morgan fingerprint density at radius 2 is 2.09 bits per heavy atom. The second kappa shape index (κ2) is 6.39. The predicted octanol–water partition coefficient (Wildman–Crippen LogP) is 2.26. The molecule has 0 spiro atoms. The largest absolute Gasteiger partial charge is 0.357 e. The van der Waals surface area contributed by atoms with Gasteiger partial charge in [0.15, 0.2) is 0 Å². The van der Waals surface area contributed by atoms with Gasteiger partial charge in [-0.3, -0.25) is 0 Å². The van der Waals surface area contributed by atoms with Gasteiger partial charge in [-0.25, -0.2) is 15.0 Å². The van der Waals surface area contributed by atoms with E-state index in [1.807, 2.05) is 13.0 Å². The van der Waals surface area contributed by atoms with Crippen LogP contribution in [-0.2, 0) is 6.54 Å². The van der Waals surface area contributed by atoms with Crippen LogP contribution in [0.4, 0.5) is 11.8 Å². The minimum atomic E-state index is 0.362. The van der Waals surface area contributed by atoms with Gasteiger partial charge in [-0.05, 0) is 43.5 Å². The van der Waals surface area contributed by atoms with Crippen molar-refractivity contribution in [3.63, 3.8) is 0 Å². The van der Waals surface area contributed by atoms with Crippen LogP contribution in [-0.4, -0.2) is 28.0 Å². The van der Waals surface area contributed by atoms with E-state index in [0.717, 1.165) is 30.2 Å². The lowest BCUT2D eigenvalue weighted by Crippen LogP contribution is -2.19. The second-order valence-electron chi connectivity index (χ2n) is 5.40. The molecule has 0 unspecified atom stereocenters. The van der Waals surface area contributed by atoms with Crippen molar-refractivity contribution in [1.82, 2.24) is 15.0 Å². The number of nitrogens with one attached hydrogen (secondary N) is 1. The first kappa shape index (κ1) is 14.3. The Labute approximate surface area is 129 Å². The van der Waals surface area contributed by atoms with E-state index in [2.05, 4.69) is 37.3 Å². The van der Waals surface area contributed by atoms with Gasteiger partial charge in [-0.15, -0.1) is 0 Å². The smallest absolute Gasteiger partial charge is 0.224 e. The molecule has 0 aliphatic carbocycles. The zero-order chi connectivity index (χ0) is 15.4. The lowest BCUT2D eigenvalue weighted by molar-refractivity contribution is 0.920. The molecule has 1 aliphatic heterocycles. The topological polar surface area (TPSA) is 77.7 Å². The van der Waals surface area contributed by atoms with Crippen molar-refractivity contribution >= 4 is 11.8 Å². The lowest BCUT2D eigenvalue weighted by atomic mass is 10.2. The van der Waals surface area contributed by atoms with E-state index in [0.29, 0.717) is 18.2 Å². The molecule has 0 amide bonds. The first-order chi connectivity index (χ1) is 10.7. The average Bonchev–Trinajstić information content (AvgIpc) is 3.07. The third-order valence-electron chi connectivity index (χ3n) is 3.65. The quantitative estimate of drug-likeness (QED) is 0.932.